The largest absolute Gasteiger partial charge is 0.323 e. The fraction of sp³-hybridized carbons (Fsp3) is 0.500. The van der Waals surface area contributed by atoms with E-state index >= 15 is 0 Å². The maximum Gasteiger partial charge on any atom is 0.241 e. The van der Waals surface area contributed by atoms with Gasteiger partial charge in [-0.3, -0.25) is 4.79 Å². The van der Waals surface area contributed by atoms with Crippen LogP contribution in [-0.4, -0.2) is 31.6 Å². The number of nitrogens with zero attached hydrogens (tertiary/aromatic N) is 1. The third-order valence-electron chi connectivity index (χ3n) is 2.60. The van der Waals surface area contributed by atoms with Gasteiger partial charge in [0.15, 0.2) is 14.9 Å². The summed E-state index contributed by atoms with van der Waals surface area (Å²) >= 11 is 0. The van der Waals surface area contributed by atoms with E-state index in [4.69, 9.17) is 5.73 Å². The molecule has 1 aromatic rings. The van der Waals surface area contributed by atoms with Gasteiger partial charge < -0.3 is 11.1 Å². The number of hydrogen-bond acceptors (Lipinski definition) is 5. The summed E-state index contributed by atoms with van der Waals surface area (Å²) in [7, 11) is -3.34. The Morgan fingerprint density at radius 1 is 1.29 bits per heavy atom. The number of rotatable bonds is 3. The molecule has 1 amide bonds. The zero-order chi connectivity index (χ0) is 14.8. The standard InChI is InChI=1S/C12H19N3O3S.2ClH/c1-12(2,3)10(13)11(16)15-8-5-6-9(14-7-8)19(4,17)18;;/h5-7,10H,13H2,1-4H3,(H,15,16);2*1H/t10-;;/m1../s1. The van der Waals surface area contributed by atoms with Crippen LogP contribution in [-0.2, 0) is 14.6 Å². The van der Waals surface area contributed by atoms with Gasteiger partial charge in [0.2, 0.25) is 5.91 Å². The average molecular weight is 358 g/mol. The van der Waals surface area contributed by atoms with Crippen LogP contribution in [0.5, 0.6) is 0 Å². The summed E-state index contributed by atoms with van der Waals surface area (Å²) in [6.07, 6.45) is 2.37. The van der Waals surface area contributed by atoms with Crippen molar-refractivity contribution in [2.75, 3.05) is 11.6 Å². The second kappa shape index (κ2) is 7.93. The van der Waals surface area contributed by atoms with E-state index in [9.17, 15) is 13.2 Å². The van der Waals surface area contributed by atoms with Gasteiger partial charge in [-0.2, -0.15) is 0 Å². The number of pyridine rings is 1. The van der Waals surface area contributed by atoms with E-state index < -0.39 is 15.9 Å². The van der Waals surface area contributed by atoms with Crippen molar-refractivity contribution in [3.63, 3.8) is 0 Å². The zero-order valence-corrected chi connectivity index (χ0v) is 14.7. The number of carbonyl (C=O) groups excluding carboxylic acids is 1. The molecule has 1 heterocycles. The van der Waals surface area contributed by atoms with E-state index in [-0.39, 0.29) is 41.2 Å². The number of nitrogens with one attached hydrogen (secondary N) is 1. The summed E-state index contributed by atoms with van der Waals surface area (Å²) in [5, 5.41) is 2.57. The lowest BCUT2D eigenvalue weighted by Crippen LogP contribution is -2.45. The highest BCUT2D eigenvalue weighted by atomic mass is 35.5. The van der Waals surface area contributed by atoms with Crippen molar-refractivity contribution in [2.45, 2.75) is 31.8 Å². The Morgan fingerprint density at radius 2 is 1.81 bits per heavy atom. The second-order valence-electron chi connectivity index (χ2n) is 5.49. The van der Waals surface area contributed by atoms with E-state index in [0.717, 1.165) is 6.26 Å². The third-order valence-corrected chi connectivity index (χ3v) is 3.60. The first-order valence-corrected chi connectivity index (χ1v) is 7.63. The van der Waals surface area contributed by atoms with E-state index in [1.807, 2.05) is 20.8 Å². The fourth-order valence-electron chi connectivity index (χ4n) is 1.29. The Bertz CT molecular complexity index is 568. The Labute approximate surface area is 137 Å². The van der Waals surface area contributed by atoms with Crippen molar-refractivity contribution in [1.29, 1.82) is 0 Å². The van der Waals surface area contributed by atoms with Crippen molar-refractivity contribution in [3.05, 3.63) is 18.3 Å². The Hall–Kier alpha value is -0.890. The molecule has 0 aliphatic rings. The number of sulfone groups is 1. The van der Waals surface area contributed by atoms with Crippen molar-refractivity contribution >= 4 is 46.2 Å². The van der Waals surface area contributed by atoms with Crippen LogP contribution in [0.3, 0.4) is 0 Å². The predicted molar refractivity (Wildman–Crippen MR) is 87.9 cm³/mol. The molecule has 122 valence electrons. The van der Waals surface area contributed by atoms with E-state index in [1.165, 1.54) is 18.3 Å². The first kappa shape index (κ1) is 22.4. The maximum atomic E-state index is 11.9. The van der Waals surface area contributed by atoms with Gasteiger partial charge in [-0.15, -0.1) is 24.8 Å². The number of halogens is 2. The smallest absolute Gasteiger partial charge is 0.241 e. The minimum absolute atomic E-state index is 0. The molecule has 0 aliphatic heterocycles. The minimum atomic E-state index is -3.34. The molecule has 1 atom stereocenters. The van der Waals surface area contributed by atoms with Crippen LogP contribution in [0, 0.1) is 5.41 Å². The highest BCUT2D eigenvalue weighted by Gasteiger charge is 2.27. The van der Waals surface area contributed by atoms with Crippen molar-refractivity contribution < 1.29 is 13.2 Å². The lowest BCUT2D eigenvalue weighted by atomic mass is 9.87. The second-order valence-corrected chi connectivity index (χ2v) is 7.45. The first-order chi connectivity index (χ1) is 8.51. The van der Waals surface area contributed by atoms with Crippen LogP contribution >= 0.6 is 24.8 Å². The summed E-state index contributed by atoms with van der Waals surface area (Å²) in [5.41, 5.74) is 5.87. The van der Waals surface area contributed by atoms with Crippen LogP contribution in [0.25, 0.3) is 0 Å². The molecule has 0 saturated carbocycles. The molecule has 0 fully saturated rings. The van der Waals surface area contributed by atoms with Crippen molar-refractivity contribution in [1.82, 2.24) is 4.98 Å². The van der Waals surface area contributed by atoms with Gasteiger partial charge in [0, 0.05) is 6.26 Å². The van der Waals surface area contributed by atoms with Crippen LogP contribution in [0.2, 0.25) is 0 Å². The fourth-order valence-corrected chi connectivity index (χ4v) is 1.85. The predicted octanol–water partition coefficient (Wildman–Crippen LogP) is 1.64. The number of nitrogens with two attached hydrogens (primary N) is 1. The summed E-state index contributed by atoms with van der Waals surface area (Å²) in [6, 6.07) is 2.16. The molecule has 0 aromatic carbocycles. The average Bonchev–Trinajstić information content (AvgIpc) is 2.26. The molecule has 0 unspecified atom stereocenters. The first-order valence-electron chi connectivity index (χ1n) is 5.74. The molecule has 21 heavy (non-hydrogen) atoms. The SMILES string of the molecule is CC(C)(C)[C@H](N)C(=O)Nc1ccc(S(C)(=O)=O)nc1.Cl.Cl. The highest BCUT2D eigenvalue weighted by molar-refractivity contribution is 7.90. The molecule has 1 aromatic heterocycles. The minimum Gasteiger partial charge on any atom is -0.323 e. The molecular formula is C12H21Cl2N3O3S. The number of anilines is 1. The van der Waals surface area contributed by atoms with Gasteiger partial charge in [-0.25, -0.2) is 13.4 Å². The summed E-state index contributed by atoms with van der Waals surface area (Å²) in [6.45, 7) is 5.59. The highest BCUT2D eigenvalue weighted by Crippen LogP contribution is 2.19. The van der Waals surface area contributed by atoms with Gasteiger partial charge in [-0.1, -0.05) is 20.8 Å². The topological polar surface area (TPSA) is 102 Å². The number of hydrogen-bond donors (Lipinski definition) is 2. The molecule has 6 nitrogen and oxygen atoms in total. The molecule has 9 heteroatoms. The molecule has 0 spiro atoms. The zero-order valence-electron chi connectivity index (χ0n) is 12.3. The Morgan fingerprint density at radius 3 is 2.14 bits per heavy atom. The van der Waals surface area contributed by atoms with Gasteiger partial charge >= 0.3 is 0 Å². The van der Waals surface area contributed by atoms with Crippen LogP contribution in [0.4, 0.5) is 5.69 Å². The van der Waals surface area contributed by atoms with Gasteiger partial charge in [0.25, 0.3) is 0 Å². The van der Waals surface area contributed by atoms with Gasteiger partial charge in [0.1, 0.15) is 0 Å². The van der Waals surface area contributed by atoms with E-state index in [2.05, 4.69) is 10.3 Å². The van der Waals surface area contributed by atoms with E-state index in [0.29, 0.717) is 5.69 Å². The van der Waals surface area contributed by atoms with Crippen LogP contribution in [0.15, 0.2) is 23.4 Å². The van der Waals surface area contributed by atoms with E-state index in [1.54, 1.807) is 0 Å². The summed E-state index contributed by atoms with van der Waals surface area (Å²) in [4.78, 5) is 15.6. The van der Waals surface area contributed by atoms with Crippen molar-refractivity contribution in [3.8, 4) is 0 Å². The van der Waals surface area contributed by atoms with Crippen molar-refractivity contribution in [2.24, 2.45) is 11.1 Å². The normalized spacial score (nSPS) is 12.6. The number of amides is 1. The monoisotopic (exact) mass is 357 g/mol. The maximum absolute atomic E-state index is 11.9. The summed E-state index contributed by atoms with van der Waals surface area (Å²) < 4.78 is 22.5. The third kappa shape index (κ3) is 6.60. The lowest BCUT2D eigenvalue weighted by Gasteiger charge is -2.25. The molecule has 0 bridgehead atoms. The number of aromatic nitrogens is 1. The quantitative estimate of drug-likeness (QED) is 0.855. The molecule has 0 saturated heterocycles. The Balaban J connectivity index is 0. The molecule has 3 N–H and O–H groups in total. The molecule has 1 rings (SSSR count). The van der Waals surface area contributed by atoms with Crippen LogP contribution < -0.4 is 11.1 Å². The molecule has 0 radical (unpaired) electrons. The van der Waals surface area contributed by atoms with Gasteiger partial charge in [0.05, 0.1) is 17.9 Å². The summed E-state index contributed by atoms with van der Waals surface area (Å²) in [5.74, 6) is -0.332. The van der Waals surface area contributed by atoms with Crippen LogP contribution in [0.1, 0.15) is 20.8 Å². The Kier molecular flexibility index (Phi) is 8.46. The molecule has 0 aliphatic carbocycles. The lowest BCUT2D eigenvalue weighted by molar-refractivity contribution is -0.119. The van der Waals surface area contributed by atoms with Gasteiger partial charge in [-0.05, 0) is 17.5 Å². The molecular weight excluding hydrogens is 337 g/mol. The number of carbonyl (C=O) groups is 1.